The second kappa shape index (κ2) is 9.87. The quantitative estimate of drug-likeness (QED) is 0.322. The van der Waals surface area contributed by atoms with Crippen molar-refractivity contribution < 1.29 is 9.59 Å². The summed E-state index contributed by atoms with van der Waals surface area (Å²) in [6.45, 7) is 1.87. The van der Waals surface area contributed by atoms with Crippen molar-refractivity contribution in [2.75, 3.05) is 21.3 Å². The molecule has 1 saturated carbocycles. The topological polar surface area (TPSA) is 66.4 Å². The van der Waals surface area contributed by atoms with E-state index in [1.807, 2.05) is 48.2 Å². The number of carbonyl (C=O) groups excluding carboxylic acids is 2. The fourth-order valence-corrected chi connectivity index (χ4v) is 6.90. The molecule has 0 radical (unpaired) electrons. The number of nitrogens with zero attached hydrogens (tertiary/aromatic N) is 4. The normalized spacial score (nSPS) is 17.5. The van der Waals surface area contributed by atoms with E-state index in [0.29, 0.717) is 15.9 Å². The third kappa shape index (κ3) is 4.81. The summed E-state index contributed by atoms with van der Waals surface area (Å²) in [6, 6.07) is 18.5. The molecule has 0 spiro atoms. The van der Waals surface area contributed by atoms with Gasteiger partial charge in [0.25, 0.3) is 0 Å². The van der Waals surface area contributed by atoms with E-state index in [1.165, 1.54) is 23.1 Å². The lowest BCUT2D eigenvalue weighted by molar-refractivity contribution is -0.118. The zero-order valence-electron chi connectivity index (χ0n) is 18.2. The van der Waals surface area contributed by atoms with Gasteiger partial charge in [-0.1, -0.05) is 72.5 Å². The van der Waals surface area contributed by atoms with Gasteiger partial charge < -0.3 is 4.90 Å². The van der Waals surface area contributed by atoms with Crippen molar-refractivity contribution >= 4 is 57.5 Å². The Morgan fingerprint density at radius 2 is 1.85 bits per heavy atom. The van der Waals surface area contributed by atoms with Crippen molar-refractivity contribution in [3.63, 3.8) is 0 Å². The minimum atomic E-state index is -0.0169. The van der Waals surface area contributed by atoms with Gasteiger partial charge in [0.1, 0.15) is 0 Å². The van der Waals surface area contributed by atoms with E-state index in [4.69, 9.17) is 0 Å². The largest absolute Gasteiger partial charge is 0.302 e. The molecule has 1 aliphatic heterocycles. The van der Waals surface area contributed by atoms with Crippen LogP contribution in [0.4, 0.5) is 10.8 Å². The van der Waals surface area contributed by atoms with E-state index in [0.717, 1.165) is 34.7 Å². The van der Waals surface area contributed by atoms with Crippen LogP contribution in [0.5, 0.6) is 0 Å². The van der Waals surface area contributed by atoms with E-state index in [9.17, 15) is 9.59 Å². The molecule has 0 unspecified atom stereocenters. The first-order valence-electron chi connectivity index (χ1n) is 11.0. The molecular weight excluding hydrogens is 472 g/mol. The fourth-order valence-electron chi connectivity index (χ4n) is 3.94. The van der Waals surface area contributed by atoms with Gasteiger partial charge in [-0.15, -0.1) is 22.0 Å². The van der Waals surface area contributed by atoms with E-state index in [2.05, 4.69) is 28.4 Å². The highest BCUT2D eigenvalue weighted by molar-refractivity contribution is 8.01. The van der Waals surface area contributed by atoms with Gasteiger partial charge in [0, 0.05) is 23.1 Å². The third-order valence-corrected chi connectivity index (χ3v) is 8.87. The summed E-state index contributed by atoms with van der Waals surface area (Å²) in [4.78, 5) is 30.7. The Morgan fingerprint density at radius 3 is 2.61 bits per heavy atom. The maximum atomic E-state index is 13.5. The van der Waals surface area contributed by atoms with Gasteiger partial charge in [-0.05, 0) is 30.5 Å². The molecule has 1 atom stereocenters. The second-order valence-electron chi connectivity index (χ2n) is 7.96. The van der Waals surface area contributed by atoms with Gasteiger partial charge in [-0.3, -0.25) is 14.5 Å². The Kier molecular flexibility index (Phi) is 6.71. The Balaban J connectivity index is 1.34. The molecule has 2 heterocycles. The van der Waals surface area contributed by atoms with Crippen LogP contribution in [0.15, 0.2) is 63.8 Å². The molecule has 5 rings (SSSR count). The van der Waals surface area contributed by atoms with Gasteiger partial charge in [0.15, 0.2) is 4.34 Å². The van der Waals surface area contributed by atoms with Crippen molar-refractivity contribution in [2.45, 2.75) is 47.5 Å². The smallest absolute Gasteiger partial charge is 0.238 e. The highest BCUT2D eigenvalue weighted by atomic mass is 32.2. The maximum Gasteiger partial charge on any atom is 0.238 e. The van der Waals surface area contributed by atoms with Crippen molar-refractivity contribution in [3.8, 4) is 0 Å². The van der Waals surface area contributed by atoms with Crippen molar-refractivity contribution in [1.29, 1.82) is 0 Å². The molecule has 1 fully saturated rings. The van der Waals surface area contributed by atoms with E-state index in [1.54, 1.807) is 16.7 Å². The Bertz CT molecular complexity index is 1150. The number of anilines is 2. The summed E-state index contributed by atoms with van der Waals surface area (Å²) in [7, 11) is 0. The molecule has 0 N–H and O–H groups in total. The third-order valence-electron chi connectivity index (χ3n) is 5.69. The predicted octanol–water partition coefficient (Wildman–Crippen LogP) is 5.42. The lowest BCUT2D eigenvalue weighted by Gasteiger charge is -2.37. The fraction of sp³-hybridized carbons (Fsp3) is 0.333. The number of benzene rings is 2. The molecule has 9 heteroatoms. The Morgan fingerprint density at radius 1 is 1.09 bits per heavy atom. The average Bonchev–Trinajstić information content (AvgIpc) is 3.59. The number of carbonyl (C=O) groups is 2. The number of fused-ring (bicyclic) bond motifs is 1. The summed E-state index contributed by atoms with van der Waals surface area (Å²) < 4.78 is 0.712. The maximum absolute atomic E-state index is 13.5. The molecule has 1 aromatic heterocycles. The molecule has 0 bridgehead atoms. The summed E-state index contributed by atoms with van der Waals surface area (Å²) in [5.74, 6) is 1.20. The number of rotatable bonds is 7. The first-order chi connectivity index (χ1) is 16.2. The van der Waals surface area contributed by atoms with Crippen LogP contribution < -0.4 is 9.80 Å². The lowest BCUT2D eigenvalue weighted by Crippen LogP contribution is -2.39. The number of thioether (sulfide) groups is 2. The average molecular weight is 497 g/mol. The second-order valence-corrected chi connectivity index (χ2v) is 11.2. The van der Waals surface area contributed by atoms with Crippen LogP contribution in [-0.2, 0) is 9.59 Å². The summed E-state index contributed by atoms with van der Waals surface area (Å²) >= 11 is 4.58. The van der Waals surface area contributed by atoms with Crippen LogP contribution in [0.25, 0.3) is 0 Å². The van der Waals surface area contributed by atoms with Gasteiger partial charge in [-0.2, -0.15) is 0 Å². The molecule has 3 aromatic rings. The predicted molar refractivity (Wildman–Crippen MR) is 135 cm³/mol. The van der Waals surface area contributed by atoms with Crippen LogP contribution in [0.1, 0.15) is 37.8 Å². The Labute approximate surface area is 205 Å². The van der Waals surface area contributed by atoms with Crippen LogP contribution >= 0.6 is 34.9 Å². The van der Waals surface area contributed by atoms with Gasteiger partial charge in [-0.25, -0.2) is 0 Å². The Hall–Kier alpha value is -2.36. The van der Waals surface area contributed by atoms with Crippen LogP contribution in [0.2, 0.25) is 0 Å². The van der Waals surface area contributed by atoms with E-state index >= 15 is 0 Å². The van der Waals surface area contributed by atoms with E-state index < -0.39 is 0 Å². The number of hydrogen-bond acceptors (Lipinski definition) is 7. The number of aromatic nitrogens is 2. The summed E-state index contributed by atoms with van der Waals surface area (Å²) in [5.41, 5.74) is 2.09. The zero-order valence-corrected chi connectivity index (χ0v) is 20.7. The SMILES string of the molecule is CCC(=O)N(c1nnc(SCC(=O)N2c3ccccc3SC[C@@H]2c2ccccc2)s1)C1CC1. The molecule has 0 saturated heterocycles. The molecule has 2 amide bonds. The van der Waals surface area contributed by atoms with Gasteiger partial charge >= 0.3 is 0 Å². The monoisotopic (exact) mass is 496 g/mol. The van der Waals surface area contributed by atoms with E-state index in [-0.39, 0.29) is 29.7 Å². The molecule has 2 aliphatic rings. The van der Waals surface area contributed by atoms with Crippen LogP contribution in [-0.4, -0.2) is 39.6 Å². The summed E-state index contributed by atoms with van der Waals surface area (Å²) in [6.07, 6.45) is 2.48. The molecule has 170 valence electrons. The zero-order chi connectivity index (χ0) is 22.8. The van der Waals surface area contributed by atoms with Gasteiger partial charge in [0.05, 0.1) is 17.5 Å². The van der Waals surface area contributed by atoms with Crippen molar-refractivity contribution in [2.24, 2.45) is 0 Å². The number of para-hydroxylation sites is 1. The minimum absolute atomic E-state index is 0.0169. The highest BCUT2D eigenvalue weighted by Crippen LogP contribution is 2.44. The number of hydrogen-bond donors (Lipinski definition) is 0. The molecular formula is C24H24N4O2S3. The molecule has 33 heavy (non-hydrogen) atoms. The molecule has 1 aliphatic carbocycles. The molecule has 6 nitrogen and oxygen atoms in total. The number of amides is 2. The first kappa shape index (κ1) is 22.4. The minimum Gasteiger partial charge on any atom is -0.302 e. The summed E-state index contributed by atoms with van der Waals surface area (Å²) in [5, 5.41) is 9.17. The van der Waals surface area contributed by atoms with Crippen LogP contribution in [0, 0.1) is 0 Å². The molecule has 2 aromatic carbocycles. The van der Waals surface area contributed by atoms with Gasteiger partial charge in [0.2, 0.25) is 16.9 Å². The highest BCUT2D eigenvalue weighted by Gasteiger charge is 2.36. The first-order valence-corrected chi connectivity index (χ1v) is 13.8. The lowest BCUT2D eigenvalue weighted by atomic mass is 10.1. The van der Waals surface area contributed by atoms with Crippen molar-refractivity contribution in [3.05, 3.63) is 60.2 Å². The standard InChI is InChI=1S/C24H24N4O2S3/c1-2-21(29)27(17-12-13-17)23-25-26-24(33-23)32-15-22(30)28-18-10-6-7-11-20(18)31-14-19(28)16-8-4-3-5-9-16/h3-11,17,19H,2,12-15H2,1H3/t19-/m1/s1. The van der Waals surface area contributed by atoms with Crippen molar-refractivity contribution in [1.82, 2.24) is 10.2 Å². The van der Waals surface area contributed by atoms with Crippen LogP contribution in [0.3, 0.4) is 0 Å².